The summed E-state index contributed by atoms with van der Waals surface area (Å²) in [7, 11) is 1.75. The summed E-state index contributed by atoms with van der Waals surface area (Å²) in [6, 6.07) is 3.51. The number of halogens is 3. The fourth-order valence-electron chi connectivity index (χ4n) is 2.47. The van der Waals surface area contributed by atoms with Crippen LogP contribution in [-0.2, 0) is 11.0 Å². The molecule has 1 aromatic carbocycles. The molecule has 2 unspecified atom stereocenters. The van der Waals surface area contributed by atoms with Gasteiger partial charge in [0.25, 0.3) is 0 Å². The minimum absolute atomic E-state index is 0.417. The molecule has 6 heteroatoms. The van der Waals surface area contributed by atoms with E-state index in [0.29, 0.717) is 17.8 Å². The van der Waals surface area contributed by atoms with E-state index in [1.807, 2.05) is 0 Å². The predicted octanol–water partition coefficient (Wildman–Crippen LogP) is 2.96. The summed E-state index contributed by atoms with van der Waals surface area (Å²) in [5.41, 5.74) is 0.405. The second-order valence-corrected chi connectivity index (χ2v) is 4.89. The number of rotatable bonds is 2. The highest BCUT2D eigenvalue weighted by atomic mass is 19.4. The summed E-state index contributed by atoms with van der Waals surface area (Å²) < 4.78 is 38.1. The first-order chi connectivity index (χ1) is 8.71. The minimum Gasteiger partial charge on any atom is -0.481 e. The lowest BCUT2D eigenvalue weighted by molar-refractivity contribution is -0.141. The van der Waals surface area contributed by atoms with Crippen LogP contribution in [0.1, 0.15) is 24.0 Å². The van der Waals surface area contributed by atoms with Crippen molar-refractivity contribution in [3.8, 4) is 0 Å². The zero-order valence-electron chi connectivity index (χ0n) is 10.5. The number of nitrogens with zero attached hydrogens (tertiary/aromatic N) is 1. The van der Waals surface area contributed by atoms with Crippen LogP contribution in [0.4, 0.5) is 18.9 Å². The first-order valence-electron chi connectivity index (χ1n) is 5.87. The summed E-state index contributed by atoms with van der Waals surface area (Å²) in [5.74, 6) is -2.13. The van der Waals surface area contributed by atoms with Gasteiger partial charge in [-0.05, 0) is 23.8 Å². The lowest BCUT2D eigenvalue weighted by atomic mass is 9.88. The van der Waals surface area contributed by atoms with Crippen molar-refractivity contribution in [2.24, 2.45) is 5.92 Å². The van der Waals surface area contributed by atoms with E-state index < -0.39 is 29.5 Å². The molecule has 0 aliphatic carbocycles. The number of likely N-dealkylation sites (N-methyl/N-ethyl adjacent to an activating group) is 1. The average molecular weight is 273 g/mol. The minimum atomic E-state index is -4.41. The molecule has 1 aromatic rings. The van der Waals surface area contributed by atoms with Gasteiger partial charge in [0, 0.05) is 25.2 Å². The van der Waals surface area contributed by atoms with Crippen molar-refractivity contribution in [2.75, 3.05) is 18.5 Å². The smallest absolute Gasteiger partial charge is 0.416 e. The molecule has 1 heterocycles. The monoisotopic (exact) mass is 273 g/mol. The Bertz CT molecular complexity index is 513. The Balaban J connectivity index is 2.46. The maximum absolute atomic E-state index is 12.7. The number of alkyl halides is 3. The number of carbonyl (C=O) groups is 1. The van der Waals surface area contributed by atoms with Crippen molar-refractivity contribution in [1.82, 2.24) is 0 Å². The van der Waals surface area contributed by atoms with E-state index in [0.717, 1.165) is 12.1 Å². The van der Waals surface area contributed by atoms with Gasteiger partial charge in [-0.3, -0.25) is 4.79 Å². The zero-order valence-corrected chi connectivity index (χ0v) is 10.5. The highest BCUT2D eigenvalue weighted by molar-refractivity contribution is 5.73. The zero-order chi connectivity index (χ0) is 14.4. The van der Waals surface area contributed by atoms with E-state index in [-0.39, 0.29) is 0 Å². The third-order valence-electron chi connectivity index (χ3n) is 3.63. The van der Waals surface area contributed by atoms with E-state index >= 15 is 0 Å². The van der Waals surface area contributed by atoms with Gasteiger partial charge in [0.1, 0.15) is 0 Å². The Morgan fingerprint density at radius 1 is 1.47 bits per heavy atom. The number of hydrogen-bond donors (Lipinski definition) is 1. The maximum atomic E-state index is 12.7. The van der Waals surface area contributed by atoms with Crippen LogP contribution < -0.4 is 4.90 Å². The molecule has 0 amide bonds. The fourth-order valence-corrected chi connectivity index (χ4v) is 2.47. The quantitative estimate of drug-likeness (QED) is 0.900. The van der Waals surface area contributed by atoms with E-state index in [2.05, 4.69) is 0 Å². The summed E-state index contributed by atoms with van der Waals surface area (Å²) in [6.45, 7) is 1.94. The van der Waals surface area contributed by atoms with Crippen LogP contribution in [0.2, 0.25) is 0 Å². The normalized spacial score (nSPS) is 20.3. The molecule has 104 valence electrons. The van der Waals surface area contributed by atoms with Gasteiger partial charge in [-0.15, -0.1) is 0 Å². The largest absolute Gasteiger partial charge is 0.481 e. The van der Waals surface area contributed by atoms with Crippen LogP contribution >= 0.6 is 0 Å². The van der Waals surface area contributed by atoms with Gasteiger partial charge in [0.2, 0.25) is 0 Å². The molecule has 0 bridgehead atoms. The van der Waals surface area contributed by atoms with Gasteiger partial charge in [-0.2, -0.15) is 13.2 Å². The summed E-state index contributed by atoms with van der Waals surface area (Å²) in [4.78, 5) is 12.8. The van der Waals surface area contributed by atoms with Gasteiger partial charge in [-0.25, -0.2) is 0 Å². The van der Waals surface area contributed by atoms with Crippen LogP contribution in [0, 0.1) is 5.92 Å². The van der Waals surface area contributed by atoms with Crippen molar-refractivity contribution in [2.45, 2.75) is 19.0 Å². The lowest BCUT2D eigenvalue weighted by Gasteiger charge is -2.16. The molecule has 0 aromatic heterocycles. The molecule has 1 aliphatic rings. The van der Waals surface area contributed by atoms with E-state index in [1.54, 1.807) is 11.9 Å². The van der Waals surface area contributed by atoms with Crippen LogP contribution in [0.25, 0.3) is 0 Å². The standard InChI is InChI=1S/C13H14F3NO2/c1-7(12(18)19)10-6-17(2)11-4-3-8(5-9(10)11)13(14,15)16/h3-5,7,10H,6H2,1-2H3,(H,18,19). The van der Waals surface area contributed by atoms with Gasteiger partial charge in [0.05, 0.1) is 11.5 Å². The number of hydrogen-bond acceptors (Lipinski definition) is 2. The first kappa shape index (κ1) is 13.7. The van der Waals surface area contributed by atoms with Gasteiger partial charge in [0.15, 0.2) is 0 Å². The molecular formula is C13H14F3NO2. The molecule has 0 fully saturated rings. The Morgan fingerprint density at radius 2 is 2.11 bits per heavy atom. The molecule has 1 N–H and O–H groups in total. The van der Waals surface area contributed by atoms with Crippen molar-refractivity contribution >= 4 is 11.7 Å². The number of carboxylic acids is 1. The second kappa shape index (κ2) is 4.43. The Kier molecular flexibility index (Phi) is 3.20. The topological polar surface area (TPSA) is 40.5 Å². The highest BCUT2D eigenvalue weighted by Gasteiger charge is 2.37. The summed E-state index contributed by atoms with van der Waals surface area (Å²) in [6.07, 6.45) is -4.41. The molecule has 2 atom stereocenters. The Labute approximate surface area is 108 Å². The Hall–Kier alpha value is -1.72. The van der Waals surface area contributed by atoms with E-state index in [1.165, 1.54) is 13.0 Å². The molecule has 0 saturated heterocycles. The molecule has 1 aliphatic heterocycles. The maximum Gasteiger partial charge on any atom is 0.416 e. The second-order valence-electron chi connectivity index (χ2n) is 4.89. The molecule has 19 heavy (non-hydrogen) atoms. The van der Waals surface area contributed by atoms with Gasteiger partial charge in [-0.1, -0.05) is 6.92 Å². The number of fused-ring (bicyclic) bond motifs is 1. The molecule has 2 rings (SSSR count). The molecule has 3 nitrogen and oxygen atoms in total. The van der Waals surface area contributed by atoms with Crippen molar-refractivity contribution in [1.29, 1.82) is 0 Å². The molecule has 0 radical (unpaired) electrons. The van der Waals surface area contributed by atoms with Crippen LogP contribution in [0.3, 0.4) is 0 Å². The third kappa shape index (κ3) is 2.39. The van der Waals surface area contributed by atoms with Crippen molar-refractivity contribution in [3.63, 3.8) is 0 Å². The van der Waals surface area contributed by atoms with Crippen LogP contribution in [0.5, 0.6) is 0 Å². The van der Waals surface area contributed by atoms with Gasteiger partial charge >= 0.3 is 12.1 Å². The van der Waals surface area contributed by atoms with Crippen LogP contribution in [0.15, 0.2) is 18.2 Å². The lowest BCUT2D eigenvalue weighted by Crippen LogP contribution is -2.23. The fraction of sp³-hybridized carbons (Fsp3) is 0.462. The van der Waals surface area contributed by atoms with Crippen molar-refractivity contribution in [3.05, 3.63) is 29.3 Å². The third-order valence-corrected chi connectivity index (χ3v) is 3.63. The highest BCUT2D eigenvalue weighted by Crippen LogP contribution is 2.42. The first-order valence-corrected chi connectivity index (χ1v) is 5.87. The SMILES string of the molecule is CC(C(=O)O)C1CN(C)c2ccc(C(F)(F)F)cc21. The summed E-state index contributed by atoms with van der Waals surface area (Å²) >= 11 is 0. The molecular weight excluding hydrogens is 259 g/mol. The molecule has 0 saturated carbocycles. The number of anilines is 1. The average Bonchev–Trinajstić information content (AvgIpc) is 2.64. The predicted molar refractivity (Wildman–Crippen MR) is 64.3 cm³/mol. The summed E-state index contributed by atoms with van der Waals surface area (Å²) in [5, 5.41) is 9.04. The number of benzene rings is 1. The number of aliphatic carboxylic acids is 1. The van der Waals surface area contributed by atoms with Crippen LogP contribution in [-0.4, -0.2) is 24.7 Å². The molecule has 0 spiro atoms. The van der Waals surface area contributed by atoms with Crippen molar-refractivity contribution < 1.29 is 23.1 Å². The Morgan fingerprint density at radius 3 is 2.63 bits per heavy atom. The van der Waals surface area contributed by atoms with E-state index in [4.69, 9.17) is 5.11 Å². The van der Waals surface area contributed by atoms with Gasteiger partial charge < -0.3 is 10.0 Å². The van der Waals surface area contributed by atoms with E-state index in [9.17, 15) is 18.0 Å². The number of carboxylic acid groups (broad SMARTS) is 1.